The summed E-state index contributed by atoms with van der Waals surface area (Å²) in [6.07, 6.45) is 3.70. The van der Waals surface area contributed by atoms with E-state index in [4.69, 9.17) is 0 Å². The van der Waals surface area contributed by atoms with Crippen molar-refractivity contribution in [1.29, 1.82) is 0 Å². The summed E-state index contributed by atoms with van der Waals surface area (Å²) in [7, 11) is 0. The molecule has 0 N–H and O–H groups in total. The molecule has 3 heteroatoms. The van der Waals surface area contributed by atoms with Gasteiger partial charge in [-0.3, -0.25) is 0 Å². The number of aromatic nitrogens is 1. The molecule has 0 radical (unpaired) electrons. The lowest BCUT2D eigenvalue weighted by atomic mass is 10.1. The zero-order chi connectivity index (χ0) is 11.9. The van der Waals surface area contributed by atoms with Gasteiger partial charge in [-0.2, -0.15) is 4.73 Å². The van der Waals surface area contributed by atoms with Gasteiger partial charge in [-0.1, -0.05) is 42.1 Å². The Morgan fingerprint density at radius 2 is 1.76 bits per heavy atom. The van der Waals surface area contributed by atoms with Crippen LogP contribution in [-0.2, 0) is 6.42 Å². The third-order valence-electron chi connectivity index (χ3n) is 2.49. The van der Waals surface area contributed by atoms with Crippen molar-refractivity contribution in [2.24, 2.45) is 0 Å². The molecule has 0 aliphatic heterocycles. The van der Waals surface area contributed by atoms with Crippen LogP contribution in [0.4, 0.5) is 0 Å². The summed E-state index contributed by atoms with van der Waals surface area (Å²) >= 11 is 1.62. The molecule has 0 aliphatic rings. The normalized spacial score (nSPS) is 10.4. The Labute approximate surface area is 106 Å². The standard InChI is InChI=1S/C14H15NOS/c16-15-11-5-4-10-14(15)17-12-6-9-13-7-2-1-3-8-13/h1-5,7-8,10-11H,6,9,12H2. The van der Waals surface area contributed by atoms with Crippen molar-refractivity contribution in [3.8, 4) is 0 Å². The second kappa shape index (κ2) is 6.30. The van der Waals surface area contributed by atoms with E-state index in [0.717, 1.165) is 28.4 Å². The van der Waals surface area contributed by atoms with Crippen LogP contribution >= 0.6 is 11.8 Å². The van der Waals surface area contributed by atoms with Gasteiger partial charge in [-0.25, -0.2) is 0 Å². The summed E-state index contributed by atoms with van der Waals surface area (Å²) in [4.78, 5) is 0. The summed E-state index contributed by atoms with van der Waals surface area (Å²) in [6, 6.07) is 15.9. The van der Waals surface area contributed by atoms with Crippen LogP contribution in [0.5, 0.6) is 0 Å². The quantitative estimate of drug-likeness (QED) is 0.350. The molecule has 1 aromatic heterocycles. The maximum atomic E-state index is 11.4. The van der Waals surface area contributed by atoms with Crippen LogP contribution in [0, 0.1) is 5.21 Å². The summed E-state index contributed by atoms with van der Waals surface area (Å²) < 4.78 is 0.924. The molecule has 0 aliphatic carbocycles. The van der Waals surface area contributed by atoms with E-state index >= 15 is 0 Å². The fourth-order valence-electron chi connectivity index (χ4n) is 1.62. The highest BCUT2D eigenvalue weighted by Crippen LogP contribution is 2.15. The van der Waals surface area contributed by atoms with E-state index in [2.05, 4.69) is 24.3 Å². The molecule has 0 amide bonds. The maximum Gasteiger partial charge on any atom is 0.251 e. The molecule has 2 nitrogen and oxygen atoms in total. The lowest BCUT2D eigenvalue weighted by Gasteiger charge is -2.03. The summed E-state index contributed by atoms with van der Waals surface area (Å²) in [5.41, 5.74) is 1.36. The second-order valence-corrected chi connectivity index (χ2v) is 4.92. The zero-order valence-electron chi connectivity index (χ0n) is 9.58. The first-order valence-corrected chi connectivity index (χ1v) is 6.70. The van der Waals surface area contributed by atoms with Crippen LogP contribution in [0.15, 0.2) is 59.8 Å². The first-order valence-electron chi connectivity index (χ1n) is 5.71. The fraction of sp³-hybridized carbons (Fsp3) is 0.214. The van der Waals surface area contributed by atoms with Gasteiger partial charge in [0.15, 0.2) is 6.20 Å². The summed E-state index contributed by atoms with van der Waals surface area (Å²) in [5.74, 6) is 0.973. The van der Waals surface area contributed by atoms with Crippen molar-refractivity contribution in [2.45, 2.75) is 17.9 Å². The highest BCUT2D eigenvalue weighted by molar-refractivity contribution is 7.99. The Bertz CT molecular complexity index is 459. The number of nitrogens with zero attached hydrogens (tertiary/aromatic N) is 1. The first-order chi connectivity index (χ1) is 8.36. The molecule has 0 spiro atoms. The topological polar surface area (TPSA) is 26.9 Å². The van der Waals surface area contributed by atoms with Crippen LogP contribution in [-0.4, -0.2) is 5.75 Å². The monoisotopic (exact) mass is 245 g/mol. The van der Waals surface area contributed by atoms with Gasteiger partial charge in [-0.15, -0.1) is 0 Å². The second-order valence-electron chi connectivity index (χ2n) is 3.80. The van der Waals surface area contributed by atoms with Crippen LogP contribution in [0.25, 0.3) is 0 Å². The van der Waals surface area contributed by atoms with E-state index < -0.39 is 0 Å². The van der Waals surface area contributed by atoms with Crippen molar-refractivity contribution >= 4 is 11.8 Å². The van der Waals surface area contributed by atoms with E-state index in [0.29, 0.717) is 0 Å². The van der Waals surface area contributed by atoms with Gasteiger partial charge in [0.05, 0.1) is 0 Å². The number of benzene rings is 1. The third kappa shape index (κ3) is 3.79. The molecule has 0 unspecified atom stereocenters. The Balaban J connectivity index is 1.76. The van der Waals surface area contributed by atoms with Crippen molar-refractivity contribution in [3.63, 3.8) is 0 Å². The van der Waals surface area contributed by atoms with Gasteiger partial charge >= 0.3 is 0 Å². The zero-order valence-corrected chi connectivity index (χ0v) is 10.4. The number of hydrogen-bond acceptors (Lipinski definition) is 2. The Hall–Kier alpha value is -1.48. The van der Waals surface area contributed by atoms with Crippen LogP contribution in [0.2, 0.25) is 0 Å². The van der Waals surface area contributed by atoms with Crippen molar-refractivity contribution in [3.05, 3.63) is 65.5 Å². The van der Waals surface area contributed by atoms with Crippen LogP contribution in [0.3, 0.4) is 0 Å². The van der Waals surface area contributed by atoms with Crippen molar-refractivity contribution in [2.75, 3.05) is 5.75 Å². The molecular formula is C14H15NOS. The van der Waals surface area contributed by atoms with E-state index in [1.807, 2.05) is 18.2 Å². The third-order valence-corrected chi connectivity index (χ3v) is 3.60. The Kier molecular flexibility index (Phi) is 4.45. The van der Waals surface area contributed by atoms with Gasteiger partial charge in [0.2, 0.25) is 0 Å². The number of pyridine rings is 1. The molecule has 0 fully saturated rings. The number of aryl methyl sites for hydroxylation is 1. The molecule has 0 saturated heterocycles. The largest absolute Gasteiger partial charge is 0.618 e. The van der Waals surface area contributed by atoms with Gasteiger partial charge < -0.3 is 5.21 Å². The van der Waals surface area contributed by atoms with E-state index in [9.17, 15) is 5.21 Å². The summed E-state index contributed by atoms with van der Waals surface area (Å²) in [6.45, 7) is 0. The van der Waals surface area contributed by atoms with E-state index in [1.54, 1.807) is 24.0 Å². The molecule has 2 aromatic rings. The lowest BCUT2D eigenvalue weighted by Crippen LogP contribution is -2.27. The summed E-state index contributed by atoms with van der Waals surface area (Å²) in [5, 5.41) is 12.2. The number of rotatable bonds is 5. The maximum absolute atomic E-state index is 11.4. The predicted octanol–water partition coefficient (Wildman–Crippen LogP) is 3.04. The molecular weight excluding hydrogens is 230 g/mol. The lowest BCUT2D eigenvalue weighted by molar-refractivity contribution is -0.645. The highest BCUT2D eigenvalue weighted by Gasteiger charge is 2.03. The molecule has 2 rings (SSSR count). The van der Waals surface area contributed by atoms with E-state index in [-0.39, 0.29) is 0 Å². The molecule has 1 aromatic carbocycles. The molecule has 0 saturated carbocycles. The molecule has 0 atom stereocenters. The van der Waals surface area contributed by atoms with Gasteiger partial charge in [-0.05, 0) is 24.5 Å². The molecule has 0 bridgehead atoms. The average molecular weight is 245 g/mol. The van der Waals surface area contributed by atoms with Crippen LogP contribution < -0.4 is 4.73 Å². The van der Waals surface area contributed by atoms with Crippen molar-refractivity contribution in [1.82, 2.24) is 0 Å². The first kappa shape index (κ1) is 12.0. The Morgan fingerprint density at radius 3 is 2.53 bits per heavy atom. The number of hydrogen-bond donors (Lipinski definition) is 0. The highest BCUT2D eigenvalue weighted by atomic mass is 32.2. The Morgan fingerprint density at radius 1 is 1.00 bits per heavy atom. The molecule has 17 heavy (non-hydrogen) atoms. The predicted molar refractivity (Wildman–Crippen MR) is 70.9 cm³/mol. The minimum Gasteiger partial charge on any atom is -0.618 e. The van der Waals surface area contributed by atoms with Gasteiger partial charge in [0.1, 0.15) is 0 Å². The van der Waals surface area contributed by atoms with Gasteiger partial charge in [0.25, 0.3) is 5.03 Å². The molecule has 88 valence electrons. The number of thioether (sulfide) groups is 1. The minimum absolute atomic E-state index is 0.778. The SMILES string of the molecule is [O-][n+]1ccccc1SCCCc1ccccc1. The molecule has 1 heterocycles. The smallest absolute Gasteiger partial charge is 0.251 e. The van der Waals surface area contributed by atoms with Crippen LogP contribution in [0.1, 0.15) is 12.0 Å². The average Bonchev–Trinajstić information content (AvgIpc) is 2.38. The minimum atomic E-state index is 0.778. The van der Waals surface area contributed by atoms with Gasteiger partial charge in [0, 0.05) is 17.9 Å². The van der Waals surface area contributed by atoms with E-state index in [1.165, 1.54) is 5.56 Å². The fourth-order valence-corrected chi connectivity index (χ4v) is 2.48. The van der Waals surface area contributed by atoms with Crippen molar-refractivity contribution < 1.29 is 4.73 Å².